The lowest BCUT2D eigenvalue weighted by Gasteiger charge is -2.14. The van der Waals surface area contributed by atoms with Crippen molar-refractivity contribution in [3.8, 4) is 0 Å². The maximum Gasteiger partial charge on any atom is 0.331 e. The zero-order valence-corrected chi connectivity index (χ0v) is 12.2. The molecule has 2 amide bonds. The van der Waals surface area contributed by atoms with Crippen LogP contribution >= 0.6 is 11.3 Å². The molecule has 2 aromatic heterocycles. The number of hydrogen-bond acceptors (Lipinski definition) is 4. The molecule has 2 heterocycles. The third kappa shape index (κ3) is 4.03. The third-order valence-corrected chi connectivity index (χ3v) is 3.86. The van der Waals surface area contributed by atoms with Gasteiger partial charge in [0.05, 0.1) is 0 Å². The van der Waals surface area contributed by atoms with Gasteiger partial charge in [0, 0.05) is 23.8 Å². The fraction of sp³-hybridized carbons (Fsp3) is 0.214. The number of carbonyl (C=O) groups excluding carboxylic acids is 1. The van der Waals surface area contributed by atoms with Crippen molar-refractivity contribution in [1.82, 2.24) is 15.6 Å². The van der Waals surface area contributed by atoms with E-state index in [1.165, 1.54) is 11.3 Å². The maximum atomic E-state index is 11.8. The van der Waals surface area contributed by atoms with E-state index in [0.717, 1.165) is 11.1 Å². The molecule has 21 heavy (non-hydrogen) atoms. The van der Waals surface area contributed by atoms with E-state index in [0.29, 0.717) is 11.4 Å². The number of aryl methyl sites for hydroxylation is 1. The van der Waals surface area contributed by atoms with Gasteiger partial charge in [-0.2, -0.15) is 0 Å². The van der Waals surface area contributed by atoms with Crippen molar-refractivity contribution in [2.45, 2.75) is 19.5 Å². The van der Waals surface area contributed by atoms with Gasteiger partial charge in [0.15, 0.2) is 6.04 Å². The SMILES string of the molecule is Cc1cnccc1CNC(=O)NC(C(=O)O)c1cccs1. The van der Waals surface area contributed by atoms with Crippen LogP contribution in [0.2, 0.25) is 0 Å². The average molecular weight is 305 g/mol. The minimum atomic E-state index is -1.09. The molecular weight excluding hydrogens is 290 g/mol. The highest BCUT2D eigenvalue weighted by molar-refractivity contribution is 7.10. The van der Waals surface area contributed by atoms with Crippen LogP contribution in [0.4, 0.5) is 4.79 Å². The van der Waals surface area contributed by atoms with Crippen molar-refractivity contribution < 1.29 is 14.7 Å². The number of pyridine rings is 1. The number of carboxylic acids is 1. The number of nitrogens with one attached hydrogen (secondary N) is 2. The zero-order chi connectivity index (χ0) is 15.2. The van der Waals surface area contributed by atoms with Crippen molar-refractivity contribution >= 4 is 23.3 Å². The lowest BCUT2D eigenvalue weighted by Crippen LogP contribution is -2.40. The molecule has 3 N–H and O–H groups in total. The van der Waals surface area contributed by atoms with Crippen LogP contribution < -0.4 is 10.6 Å². The summed E-state index contributed by atoms with van der Waals surface area (Å²) in [7, 11) is 0. The molecule has 1 atom stereocenters. The van der Waals surface area contributed by atoms with E-state index in [-0.39, 0.29) is 0 Å². The number of aromatic nitrogens is 1. The Balaban J connectivity index is 1.94. The molecule has 0 aliphatic carbocycles. The molecule has 110 valence electrons. The van der Waals surface area contributed by atoms with Gasteiger partial charge < -0.3 is 15.7 Å². The first-order valence-corrected chi connectivity index (χ1v) is 7.16. The summed E-state index contributed by atoms with van der Waals surface area (Å²) >= 11 is 1.29. The monoisotopic (exact) mass is 305 g/mol. The molecule has 0 bridgehead atoms. The van der Waals surface area contributed by atoms with E-state index >= 15 is 0 Å². The van der Waals surface area contributed by atoms with Gasteiger partial charge in [-0.25, -0.2) is 9.59 Å². The Bertz CT molecular complexity index is 628. The van der Waals surface area contributed by atoms with Gasteiger partial charge in [0.25, 0.3) is 0 Å². The molecule has 0 radical (unpaired) electrons. The Hall–Kier alpha value is -2.41. The summed E-state index contributed by atoms with van der Waals surface area (Å²) in [4.78, 5) is 27.6. The van der Waals surface area contributed by atoms with Crippen molar-refractivity contribution in [1.29, 1.82) is 0 Å². The summed E-state index contributed by atoms with van der Waals surface area (Å²) in [5, 5.41) is 16.1. The molecule has 2 rings (SSSR count). The van der Waals surface area contributed by atoms with E-state index < -0.39 is 18.0 Å². The number of urea groups is 1. The first kappa shape index (κ1) is 15.0. The second-order valence-electron chi connectivity index (χ2n) is 4.42. The van der Waals surface area contributed by atoms with Crippen LogP contribution in [0.3, 0.4) is 0 Å². The molecule has 6 nitrogen and oxygen atoms in total. The molecule has 0 saturated carbocycles. The molecule has 0 spiro atoms. The van der Waals surface area contributed by atoms with Crippen molar-refractivity contribution in [3.05, 3.63) is 52.0 Å². The van der Waals surface area contributed by atoms with Crippen LogP contribution in [-0.4, -0.2) is 22.1 Å². The molecule has 0 aromatic carbocycles. The zero-order valence-electron chi connectivity index (χ0n) is 11.4. The van der Waals surface area contributed by atoms with Crippen molar-refractivity contribution in [2.75, 3.05) is 0 Å². The van der Waals surface area contributed by atoms with E-state index in [4.69, 9.17) is 0 Å². The Morgan fingerprint density at radius 3 is 2.86 bits per heavy atom. The Labute approximate surface area is 125 Å². The van der Waals surface area contributed by atoms with Crippen LogP contribution in [0.1, 0.15) is 22.0 Å². The van der Waals surface area contributed by atoms with Crippen LogP contribution in [0, 0.1) is 6.92 Å². The molecule has 0 aliphatic heterocycles. The highest BCUT2D eigenvalue weighted by atomic mass is 32.1. The quantitative estimate of drug-likeness (QED) is 0.788. The summed E-state index contributed by atoms with van der Waals surface area (Å²) in [6.45, 7) is 2.21. The van der Waals surface area contributed by atoms with Gasteiger partial charge in [0.1, 0.15) is 0 Å². The average Bonchev–Trinajstić information content (AvgIpc) is 2.97. The Morgan fingerprint density at radius 1 is 1.43 bits per heavy atom. The summed E-state index contributed by atoms with van der Waals surface area (Å²) in [6, 6.07) is 3.67. The summed E-state index contributed by atoms with van der Waals surface area (Å²) in [5.74, 6) is -1.09. The smallest absolute Gasteiger partial charge is 0.331 e. The van der Waals surface area contributed by atoms with E-state index in [9.17, 15) is 14.7 Å². The predicted molar refractivity (Wildman–Crippen MR) is 79.0 cm³/mol. The van der Waals surface area contributed by atoms with E-state index in [1.807, 2.05) is 13.0 Å². The Kier molecular flexibility index (Phi) is 4.89. The van der Waals surface area contributed by atoms with Crippen LogP contribution in [-0.2, 0) is 11.3 Å². The standard InChI is InChI=1S/C14H15N3O3S/c1-9-7-15-5-4-10(9)8-16-14(20)17-12(13(18)19)11-3-2-6-21-11/h2-7,12H,8H2,1H3,(H,18,19)(H2,16,17,20). The fourth-order valence-corrected chi connectivity index (χ4v) is 2.54. The van der Waals surface area contributed by atoms with Gasteiger partial charge >= 0.3 is 12.0 Å². The highest BCUT2D eigenvalue weighted by Crippen LogP contribution is 2.19. The van der Waals surface area contributed by atoms with Crippen LogP contribution in [0.5, 0.6) is 0 Å². The summed E-state index contributed by atoms with van der Waals surface area (Å²) in [6.07, 6.45) is 3.36. The van der Waals surface area contributed by atoms with Gasteiger partial charge in [-0.1, -0.05) is 6.07 Å². The summed E-state index contributed by atoms with van der Waals surface area (Å²) in [5.41, 5.74) is 1.90. The number of aliphatic carboxylic acids is 1. The second-order valence-corrected chi connectivity index (χ2v) is 5.40. The number of amides is 2. The minimum absolute atomic E-state index is 0.316. The third-order valence-electron chi connectivity index (χ3n) is 2.93. The molecular formula is C14H15N3O3S. The number of rotatable bonds is 5. The molecule has 0 fully saturated rings. The number of hydrogen-bond donors (Lipinski definition) is 3. The second kappa shape index (κ2) is 6.85. The number of carbonyl (C=O) groups is 2. The molecule has 1 unspecified atom stereocenters. The largest absolute Gasteiger partial charge is 0.479 e. The first-order chi connectivity index (χ1) is 10.1. The van der Waals surface area contributed by atoms with Gasteiger partial charge in [-0.3, -0.25) is 4.98 Å². The molecule has 7 heteroatoms. The predicted octanol–water partition coefficient (Wildman–Crippen LogP) is 2.08. The maximum absolute atomic E-state index is 11.8. The first-order valence-electron chi connectivity index (χ1n) is 6.28. The fourth-order valence-electron chi connectivity index (χ4n) is 1.77. The normalized spacial score (nSPS) is 11.7. The van der Waals surface area contributed by atoms with Crippen LogP contribution in [0.25, 0.3) is 0 Å². The minimum Gasteiger partial charge on any atom is -0.479 e. The van der Waals surface area contributed by atoms with Crippen LogP contribution in [0.15, 0.2) is 36.0 Å². The van der Waals surface area contributed by atoms with Gasteiger partial charge in [-0.05, 0) is 35.6 Å². The van der Waals surface area contributed by atoms with Gasteiger partial charge in [-0.15, -0.1) is 11.3 Å². The Morgan fingerprint density at radius 2 is 2.24 bits per heavy atom. The number of carboxylic acid groups (broad SMARTS) is 1. The van der Waals surface area contributed by atoms with E-state index in [2.05, 4.69) is 15.6 Å². The number of nitrogens with zero attached hydrogens (tertiary/aromatic N) is 1. The number of thiophene rings is 1. The van der Waals surface area contributed by atoms with Gasteiger partial charge in [0.2, 0.25) is 0 Å². The summed E-state index contributed by atoms with van der Waals surface area (Å²) < 4.78 is 0. The van der Waals surface area contributed by atoms with E-state index in [1.54, 1.807) is 29.9 Å². The molecule has 2 aromatic rings. The lowest BCUT2D eigenvalue weighted by molar-refractivity contribution is -0.139. The highest BCUT2D eigenvalue weighted by Gasteiger charge is 2.22. The molecule has 0 saturated heterocycles. The van der Waals surface area contributed by atoms with Crippen molar-refractivity contribution in [2.24, 2.45) is 0 Å². The molecule has 0 aliphatic rings. The topological polar surface area (TPSA) is 91.3 Å². The lowest BCUT2D eigenvalue weighted by atomic mass is 10.1. The van der Waals surface area contributed by atoms with Crippen molar-refractivity contribution in [3.63, 3.8) is 0 Å².